The van der Waals surface area contributed by atoms with Crippen molar-refractivity contribution in [2.45, 2.75) is 45.4 Å². The Labute approximate surface area is 115 Å². The minimum atomic E-state index is 0.389. The molecule has 0 aliphatic carbocycles. The fourth-order valence-corrected chi connectivity index (χ4v) is 2.38. The van der Waals surface area contributed by atoms with Gasteiger partial charge in [-0.2, -0.15) is 0 Å². The Morgan fingerprint density at radius 3 is 2.95 bits per heavy atom. The molecule has 1 N–H and O–H groups in total. The van der Waals surface area contributed by atoms with E-state index in [0.29, 0.717) is 23.9 Å². The Bertz CT molecular complexity index is 378. The number of methoxy groups -OCH3 is 1. The van der Waals surface area contributed by atoms with Gasteiger partial charge >= 0.3 is 0 Å². The molecule has 106 valence electrons. The second kappa shape index (κ2) is 6.87. The molecule has 1 aromatic rings. The summed E-state index contributed by atoms with van der Waals surface area (Å²) in [5, 5.41) is 3.60. The molecule has 1 saturated heterocycles. The van der Waals surface area contributed by atoms with Crippen molar-refractivity contribution in [1.82, 2.24) is 10.3 Å². The lowest BCUT2D eigenvalue weighted by atomic mass is 9.95. The van der Waals surface area contributed by atoms with Crippen molar-refractivity contribution < 1.29 is 9.47 Å². The highest BCUT2D eigenvalue weighted by Gasteiger charge is 2.24. The van der Waals surface area contributed by atoms with Gasteiger partial charge in [-0.1, -0.05) is 19.9 Å². The standard InChI is InChI=1S/C15H24N2O2/c1-11(2)14-8-13(6-7-19-14)16-9-12-4-5-15(18-3)17-10-12/h4-5,10-11,13-14,16H,6-9H2,1-3H3. The molecule has 0 saturated carbocycles. The van der Waals surface area contributed by atoms with Gasteiger partial charge in [0.05, 0.1) is 13.2 Å². The molecule has 2 atom stereocenters. The number of hydrogen-bond donors (Lipinski definition) is 1. The normalized spacial score (nSPS) is 23.6. The molecule has 1 aliphatic heterocycles. The first-order valence-corrected chi connectivity index (χ1v) is 7.03. The molecule has 2 heterocycles. The third kappa shape index (κ3) is 4.18. The van der Waals surface area contributed by atoms with E-state index in [2.05, 4.69) is 30.2 Å². The van der Waals surface area contributed by atoms with Gasteiger partial charge in [-0.15, -0.1) is 0 Å². The molecule has 4 heteroatoms. The smallest absolute Gasteiger partial charge is 0.212 e. The summed E-state index contributed by atoms with van der Waals surface area (Å²) in [6.07, 6.45) is 4.44. The molecule has 0 aromatic carbocycles. The molecule has 0 amide bonds. The van der Waals surface area contributed by atoms with Crippen LogP contribution >= 0.6 is 0 Å². The van der Waals surface area contributed by atoms with Crippen molar-refractivity contribution in [3.63, 3.8) is 0 Å². The Balaban J connectivity index is 1.80. The number of nitrogens with one attached hydrogen (secondary N) is 1. The molecule has 1 aromatic heterocycles. The van der Waals surface area contributed by atoms with E-state index in [0.717, 1.165) is 26.0 Å². The Kier molecular flexibility index (Phi) is 5.16. The van der Waals surface area contributed by atoms with Gasteiger partial charge in [0, 0.05) is 31.5 Å². The maximum atomic E-state index is 5.78. The Morgan fingerprint density at radius 1 is 1.47 bits per heavy atom. The maximum absolute atomic E-state index is 5.78. The van der Waals surface area contributed by atoms with Gasteiger partial charge in [0.15, 0.2) is 0 Å². The third-order valence-corrected chi connectivity index (χ3v) is 3.66. The molecule has 0 spiro atoms. The van der Waals surface area contributed by atoms with Gasteiger partial charge < -0.3 is 14.8 Å². The highest BCUT2D eigenvalue weighted by molar-refractivity contribution is 5.17. The van der Waals surface area contributed by atoms with Gasteiger partial charge in [-0.25, -0.2) is 4.98 Å². The summed E-state index contributed by atoms with van der Waals surface area (Å²) >= 11 is 0. The van der Waals surface area contributed by atoms with Crippen LogP contribution < -0.4 is 10.1 Å². The minimum Gasteiger partial charge on any atom is -0.481 e. The highest BCUT2D eigenvalue weighted by atomic mass is 16.5. The topological polar surface area (TPSA) is 43.4 Å². The number of aromatic nitrogens is 1. The van der Waals surface area contributed by atoms with Gasteiger partial charge in [0.2, 0.25) is 5.88 Å². The molecular weight excluding hydrogens is 240 g/mol. The van der Waals surface area contributed by atoms with Crippen LogP contribution in [0.2, 0.25) is 0 Å². The van der Waals surface area contributed by atoms with Crippen molar-refractivity contribution in [2.24, 2.45) is 5.92 Å². The average molecular weight is 264 g/mol. The lowest BCUT2D eigenvalue weighted by Crippen LogP contribution is -2.40. The molecule has 1 fully saturated rings. The minimum absolute atomic E-state index is 0.389. The fraction of sp³-hybridized carbons (Fsp3) is 0.667. The zero-order chi connectivity index (χ0) is 13.7. The van der Waals surface area contributed by atoms with Crippen molar-refractivity contribution in [3.8, 4) is 5.88 Å². The van der Waals surface area contributed by atoms with Crippen LogP contribution in [0.4, 0.5) is 0 Å². The summed E-state index contributed by atoms with van der Waals surface area (Å²) in [7, 11) is 1.63. The second-order valence-electron chi connectivity index (χ2n) is 5.46. The van der Waals surface area contributed by atoms with E-state index in [1.165, 1.54) is 5.56 Å². The monoisotopic (exact) mass is 264 g/mol. The van der Waals surface area contributed by atoms with E-state index >= 15 is 0 Å². The molecule has 4 nitrogen and oxygen atoms in total. The molecule has 19 heavy (non-hydrogen) atoms. The number of pyridine rings is 1. The molecular formula is C15H24N2O2. The SMILES string of the molecule is COc1ccc(CNC2CCOC(C(C)C)C2)cn1. The van der Waals surface area contributed by atoms with E-state index in [1.54, 1.807) is 7.11 Å². The summed E-state index contributed by atoms with van der Waals surface area (Å²) < 4.78 is 10.8. The van der Waals surface area contributed by atoms with Gasteiger partial charge in [-0.05, 0) is 24.3 Å². The predicted octanol–water partition coefficient (Wildman–Crippen LogP) is 2.38. The molecule has 0 radical (unpaired) electrons. The van der Waals surface area contributed by atoms with Crippen LogP contribution in [0.3, 0.4) is 0 Å². The van der Waals surface area contributed by atoms with Crippen molar-refractivity contribution >= 4 is 0 Å². The van der Waals surface area contributed by atoms with Gasteiger partial charge in [0.1, 0.15) is 0 Å². The highest BCUT2D eigenvalue weighted by Crippen LogP contribution is 2.20. The Hall–Kier alpha value is -1.13. The summed E-state index contributed by atoms with van der Waals surface area (Å²) in [6, 6.07) is 4.50. The summed E-state index contributed by atoms with van der Waals surface area (Å²) in [5.41, 5.74) is 1.19. The van der Waals surface area contributed by atoms with E-state index in [1.807, 2.05) is 12.3 Å². The lowest BCUT2D eigenvalue weighted by molar-refractivity contribution is -0.0245. The zero-order valence-corrected chi connectivity index (χ0v) is 12.1. The third-order valence-electron chi connectivity index (χ3n) is 3.66. The van der Waals surface area contributed by atoms with Crippen molar-refractivity contribution in [1.29, 1.82) is 0 Å². The quantitative estimate of drug-likeness (QED) is 0.887. The van der Waals surface area contributed by atoms with Crippen LogP contribution in [0.25, 0.3) is 0 Å². The fourth-order valence-electron chi connectivity index (χ4n) is 2.38. The first-order chi connectivity index (χ1) is 9.19. The van der Waals surface area contributed by atoms with Gasteiger partial charge in [0.25, 0.3) is 0 Å². The predicted molar refractivity (Wildman–Crippen MR) is 75.2 cm³/mol. The van der Waals surface area contributed by atoms with Crippen molar-refractivity contribution in [2.75, 3.05) is 13.7 Å². The van der Waals surface area contributed by atoms with Crippen LogP contribution in [0, 0.1) is 5.92 Å². The first-order valence-electron chi connectivity index (χ1n) is 7.03. The lowest BCUT2D eigenvalue weighted by Gasteiger charge is -2.32. The molecule has 2 rings (SSSR count). The van der Waals surface area contributed by atoms with E-state index in [-0.39, 0.29) is 0 Å². The summed E-state index contributed by atoms with van der Waals surface area (Å²) in [6.45, 7) is 6.16. The first kappa shape index (κ1) is 14.3. The van der Waals surface area contributed by atoms with Crippen LogP contribution in [0.1, 0.15) is 32.3 Å². The second-order valence-corrected chi connectivity index (χ2v) is 5.46. The summed E-state index contributed by atoms with van der Waals surface area (Å²) in [5.74, 6) is 1.25. The molecule has 1 aliphatic rings. The summed E-state index contributed by atoms with van der Waals surface area (Å²) in [4.78, 5) is 4.22. The van der Waals surface area contributed by atoms with E-state index in [9.17, 15) is 0 Å². The Morgan fingerprint density at radius 2 is 2.32 bits per heavy atom. The van der Waals surface area contributed by atoms with Crippen LogP contribution in [-0.2, 0) is 11.3 Å². The van der Waals surface area contributed by atoms with E-state index in [4.69, 9.17) is 9.47 Å². The zero-order valence-electron chi connectivity index (χ0n) is 12.1. The largest absolute Gasteiger partial charge is 0.481 e. The molecule has 0 bridgehead atoms. The molecule has 2 unspecified atom stereocenters. The average Bonchev–Trinajstić information content (AvgIpc) is 2.46. The van der Waals surface area contributed by atoms with Crippen LogP contribution in [-0.4, -0.2) is 30.8 Å². The maximum Gasteiger partial charge on any atom is 0.212 e. The van der Waals surface area contributed by atoms with Crippen molar-refractivity contribution in [3.05, 3.63) is 23.9 Å². The van der Waals surface area contributed by atoms with Crippen LogP contribution in [0.15, 0.2) is 18.3 Å². The number of hydrogen-bond acceptors (Lipinski definition) is 4. The van der Waals surface area contributed by atoms with Crippen LogP contribution in [0.5, 0.6) is 5.88 Å². The number of rotatable bonds is 5. The van der Waals surface area contributed by atoms with Gasteiger partial charge in [-0.3, -0.25) is 0 Å². The van der Waals surface area contributed by atoms with E-state index < -0.39 is 0 Å². The number of ether oxygens (including phenoxy) is 2. The number of nitrogens with zero attached hydrogens (tertiary/aromatic N) is 1.